The smallest absolute Gasteiger partial charge is 0.184 e. The van der Waals surface area contributed by atoms with Crippen molar-refractivity contribution in [2.24, 2.45) is 0 Å². The third-order valence-electron chi connectivity index (χ3n) is 2.39. The first-order valence-corrected chi connectivity index (χ1v) is 6.98. The van der Waals surface area contributed by atoms with Crippen molar-refractivity contribution in [3.63, 3.8) is 0 Å². The molecular formula is C12H13F2NO3S. The van der Waals surface area contributed by atoms with Crippen molar-refractivity contribution in [3.05, 3.63) is 47.3 Å². The molecule has 0 aliphatic carbocycles. The maximum absolute atomic E-state index is 12.0. The molecule has 0 saturated carbocycles. The van der Waals surface area contributed by atoms with E-state index in [4.69, 9.17) is 13.7 Å². The van der Waals surface area contributed by atoms with Gasteiger partial charge in [0.05, 0.1) is 10.6 Å². The molecule has 2 aromatic rings. The van der Waals surface area contributed by atoms with Crippen LogP contribution in [0.25, 0.3) is 0 Å². The first-order valence-electron chi connectivity index (χ1n) is 5.33. The lowest BCUT2D eigenvalue weighted by Crippen LogP contribution is -2.05. The largest absolute Gasteiger partial charge is 0.361 e. The summed E-state index contributed by atoms with van der Waals surface area (Å²) in [6, 6.07) is 8.41. The summed E-state index contributed by atoms with van der Waals surface area (Å²) in [4.78, 5) is 0.309. The molecule has 0 unspecified atom stereocenters. The molecule has 19 heavy (non-hydrogen) atoms. The maximum atomic E-state index is 12.0. The molecule has 7 heteroatoms. The molecule has 0 spiro atoms. The lowest BCUT2D eigenvalue weighted by atomic mass is 10.2. The third-order valence-corrected chi connectivity index (χ3v) is 4.06. The highest BCUT2D eigenvalue weighted by Gasteiger charge is 2.17. The van der Waals surface area contributed by atoms with E-state index in [1.54, 1.807) is 37.3 Å². The fourth-order valence-electron chi connectivity index (χ4n) is 1.51. The Morgan fingerprint density at radius 2 is 1.74 bits per heavy atom. The first-order chi connectivity index (χ1) is 8.97. The number of rotatable bonds is 3. The summed E-state index contributed by atoms with van der Waals surface area (Å²) in [5, 5.41) is 3.69. The van der Waals surface area contributed by atoms with Gasteiger partial charge in [-0.1, -0.05) is 22.9 Å². The summed E-state index contributed by atoms with van der Waals surface area (Å²) in [5.41, 5.74) is 1.46. The molecular weight excluding hydrogens is 276 g/mol. The molecule has 0 amide bonds. The molecule has 0 N–H and O–H groups in total. The fourth-order valence-corrected chi connectivity index (χ4v) is 2.75. The Labute approximate surface area is 109 Å². The number of hydrogen-bond donors (Lipinski definition) is 0. The Morgan fingerprint density at radius 3 is 2.21 bits per heavy atom. The van der Waals surface area contributed by atoms with Crippen molar-refractivity contribution >= 4 is 9.84 Å². The molecule has 1 aromatic carbocycles. The quantitative estimate of drug-likeness (QED) is 0.871. The van der Waals surface area contributed by atoms with E-state index in [-0.39, 0.29) is 5.75 Å². The Hall–Kier alpha value is -1.76. The standard InChI is InChI=1S/C12H13NO3S.F2/c1-9-3-5-12(6-4-9)17(14,15)8-11-7-10(2)16-13-11;1-2/h3-7H,8H2,1-2H3;. The normalized spacial score (nSPS) is 10.7. The SMILES string of the molecule is Cc1ccc(S(=O)(=O)Cc2cc(C)on2)cc1.FF. The van der Waals surface area contributed by atoms with Gasteiger partial charge in [0, 0.05) is 15.2 Å². The highest BCUT2D eigenvalue weighted by Crippen LogP contribution is 2.16. The Kier molecular flexibility index (Phi) is 5.17. The second kappa shape index (κ2) is 6.42. The minimum atomic E-state index is -3.34. The molecule has 0 aliphatic heterocycles. The van der Waals surface area contributed by atoms with Crippen LogP contribution in [0.3, 0.4) is 0 Å². The van der Waals surface area contributed by atoms with Crippen LogP contribution in [0.1, 0.15) is 17.0 Å². The Balaban J connectivity index is 0.000000861. The van der Waals surface area contributed by atoms with E-state index in [2.05, 4.69) is 5.16 Å². The van der Waals surface area contributed by atoms with Crippen LogP contribution in [0.5, 0.6) is 0 Å². The van der Waals surface area contributed by atoms with Crippen LogP contribution in [0.15, 0.2) is 39.8 Å². The minimum absolute atomic E-state index is 0.132. The van der Waals surface area contributed by atoms with Gasteiger partial charge in [-0.2, -0.15) is 0 Å². The lowest BCUT2D eigenvalue weighted by Gasteiger charge is -2.02. The van der Waals surface area contributed by atoms with Gasteiger partial charge in [-0.25, -0.2) is 8.42 Å². The summed E-state index contributed by atoms with van der Waals surface area (Å²) in [6.07, 6.45) is 0. The van der Waals surface area contributed by atoms with Crippen LogP contribution in [-0.4, -0.2) is 13.6 Å². The van der Waals surface area contributed by atoms with Crippen molar-refractivity contribution in [2.45, 2.75) is 24.5 Å². The van der Waals surface area contributed by atoms with E-state index in [9.17, 15) is 8.42 Å². The Bertz CT molecular complexity index is 621. The van der Waals surface area contributed by atoms with Gasteiger partial charge < -0.3 is 4.52 Å². The van der Waals surface area contributed by atoms with Gasteiger partial charge in [0.15, 0.2) is 9.84 Å². The van der Waals surface area contributed by atoms with E-state index in [1.807, 2.05) is 6.92 Å². The average Bonchev–Trinajstić information content (AvgIpc) is 2.77. The molecule has 1 aromatic heterocycles. The zero-order valence-electron chi connectivity index (χ0n) is 10.4. The van der Waals surface area contributed by atoms with Crippen LogP contribution in [-0.2, 0) is 15.6 Å². The molecule has 2 rings (SSSR count). The minimum Gasteiger partial charge on any atom is -0.361 e. The van der Waals surface area contributed by atoms with Crippen molar-refractivity contribution in [2.75, 3.05) is 0 Å². The molecule has 104 valence electrons. The summed E-state index contributed by atoms with van der Waals surface area (Å²) in [7, 11) is -3.34. The molecule has 0 aliphatic rings. The zero-order valence-corrected chi connectivity index (χ0v) is 11.2. The van der Waals surface area contributed by atoms with E-state index in [1.165, 1.54) is 0 Å². The lowest BCUT2D eigenvalue weighted by molar-refractivity contribution is 0.108. The highest BCUT2D eigenvalue weighted by atomic mass is 32.2. The second-order valence-electron chi connectivity index (χ2n) is 4.00. The Morgan fingerprint density at radius 1 is 1.16 bits per heavy atom. The van der Waals surface area contributed by atoms with Crippen LogP contribution in [0, 0.1) is 13.8 Å². The van der Waals surface area contributed by atoms with E-state index in [0.717, 1.165) is 5.56 Å². The van der Waals surface area contributed by atoms with Gasteiger partial charge >= 0.3 is 0 Å². The zero-order chi connectivity index (χ0) is 14.5. The number of hydrogen-bond acceptors (Lipinski definition) is 4. The topological polar surface area (TPSA) is 60.2 Å². The number of sulfone groups is 1. The van der Waals surface area contributed by atoms with Gasteiger partial charge in [0.25, 0.3) is 0 Å². The van der Waals surface area contributed by atoms with Crippen LogP contribution < -0.4 is 0 Å². The van der Waals surface area contributed by atoms with E-state index >= 15 is 0 Å². The molecule has 0 atom stereocenters. The monoisotopic (exact) mass is 289 g/mol. The maximum Gasteiger partial charge on any atom is 0.184 e. The van der Waals surface area contributed by atoms with Gasteiger partial charge in [-0.15, -0.1) is 0 Å². The fraction of sp³-hybridized carbons (Fsp3) is 0.250. The van der Waals surface area contributed by atoms with Crippen molar-refractivity contribution in [1.29, 1.82) is 0 Å². The molecule has 4 nitrogen and oxygen atoms in total. The van der Waals surface area contributed by atoms with Crippen LogP contribution >= 0.6 is 0 Å². The van der Waals surface area contributed by atoms with Crippen molar-refractivity contribution < 1.29 is 22.1 Å². The average molecular weight is 289 g/mol. The number of nitrogens with zero attached hydrogens (tertiary/aromatic N) is 1. The van der Waals surface area contributed by atoms with Crippen molar-refractivity contribution in [1.82, 2.24) is 5.16 Å². The molecule has 1 heterocycles. The molecule has 0 bridgehead atoms. The summed E-state index contributed by atoms with van der Waals surface area (Å²) in [6.45, 7) is 3.65. The number of benzene rings is 1. The predicted octanol–water partition coefficient (Wildman–Crippen LogP) is 3.11. The molecule has 0 fully saturated rings. The van der Waals surface area contributed by atoms with Gasteiger partial charge in [0.2, 0.25) is 0 Å². The van der Waals surface area contributed by atoms with Crippen molar-refractivity contribution in [3.8, 4) is 0 Å². The first kappa shape index (κ1) is 15.3. The highest BCUT2D eigenvalue weighted by molar-refractivity contribution is 7.90. The van der Waals surface area contributed by atoms with E-state index in [0.29, 0.717) is 16.3 Å². The summed E-state index contributed by atoms with van der Waals surface area (Å²) in [5.74, 6) is 0.479. The predicted molar refractivity (Wildman–Crippen MR) is 65.5 cm³/mol. The number of halogens is 2. The number of aromatic nitrogens is 1. The summed E-state index contributed by atoms with van der Waals surface area (Å²) < 4.78 is 44.9. The van der Waals surface area contributed by atoms with E-state index < -0.39 is 9.84 Å². The molecule has 0 radical (unpaired) electrons. The number of aryl methyl sites for hydroxylation is 2. The van der Waals surface area contributed by atoms with Crippen LogP contribution in [0.2, 0.25) is 0 Å². The molecule has 0 saturated heterocycles. The van der Waals surface area contributed by atoms with Gasteiger partial charge in [0.1, 0.15) is 11.5 Å². The third kappa shape index (κ3) is 4.13. The van der Waals surface area contributed by atoms with Crippen LogP contribution in [0.4, 0.5) is 9.15 Å². The van der Waals surface area contributed by atoms with Gasteiger partial charge in [-0.05, 0) is 26.0 Å². The van der Waals surface area contributed by atoms with Gasteiger partial charge in [-0.3, -0.25) is 0 Å². The second-order valence-corrected chi connectivity index (χ2v) is 5.99. The summed E-state index contributed by atoms with van der Waals surface area (Å²) >= 11 is 0.